The van der Waals surface area contributed by atoms with Crippen molar-refractivity contribution in [3.05, 3.63) is 59.4 Å². The number of carbonyl (C=O) groups excluding carboxylic acids is 1. The van der Waals surface area contributed by atoms with Crippen LogP contribution in [0.2, 0.25) is 0 Å². The maximum absolute atomic E-state index is 12.6. The first-order chi connectivity index (χ1) is 11.7. The van der Waals surface area contributed by atoms with Gasteiger partial charge in [0.05, 0.1) is 6.54 Å². The number of carbonyl (C=O) groups is 1. The van der Waals surface area contributed by atoms with Gasteiger partial charge in [0.2, 0.25) is 0 Å². The zero-order chi connectivity index (χ0) is 18.6. The third-order valence-corrected chi connectivity index (χ3v) is 4.10. The van der Waals surface area contributed by atoms with Crippen molar-refractivity contribution < 1.29 is 4.79 Å². The number of aromatic nitrogens is 1. The molecule has 2 amide bonds. The predicted molar refractivity (Wildman–Crippen MR) is 104 cm³/mol. The minimum atomic E-state index is -0.242. The molecule has 0 saturated carbocycles. The second kappa shape index (κ2) is 7.77. The Morgan fingerprint density at radius 2 is 1.80 bits per heavy atom. The van der Waals surface area contributed by atoms with Gasteiger partial charge in [-0.1, -0.05) is 29.8 Å². The van der Waals surface area contributed by atoms with E-state index in [1.54, 1.807) is 0 Å². The van der Waals surface area contributed by atoms with Crippen molar-refractivity contribution >= 4 is 6.03 Å². The Morgan fingerprint density at radius 1 is 1.16 bits per heavy atom. The summed E-state index contributed by atoms with van der Waals surface area (Å²) in [5, 5.41) is 3.07. The molecule has 0 aliphatic rings. The Balaban J connectivity index is 2.14. The molecule has 2 rings (SSSR count). The summed E-state index contributed by atoms with van der Waals surface area (Å²) in [6, 6.07) is 12.8. The normalized spacial score (nSPS) is 11.6. The molecule has 0 fully saturated rings. The highest BCUT2D eigenvalue weighted by Gasteiger charge is 2.22. The summed E-state index contributed by atoms with van der Waals surface area (Å²) in [7, 11) is 0. The topological polar surface area (TPSA) is 37.3 Å². The van der Waals surface area contributed by atoms with E-state index in [9.17, 15) is 4.79 Å². The van der Waals surface area contributed by atoms with E-state index in [1.165, 1.54) is 11.1 Å². The van der Waals surface area contributed by atoms with Crippen LogP contribution in [0.15, 0.2) is 42.6 Å². The monoisotopic (exact) mass is 341 g/mol. The van der Waals surface area contributed by atoms with Gasteiger partial charge in [0.25, 0.3) is 0 Å². The van der Waals surface area contributed by atoms with Crippen molar-refractivity contribution in [3.8, 4) is 0 Å². The van der Waals surface area contributed by atoms with Crippen LogP contribution < -0.4 is 5.32 Å². The van der Waals surface area contributed by atoms with Gasteiger partial charge in [-0.05, 0) is 59.2 Å². The number of amides is 2. The van der Waals surface area contributed by atoms with Crippen LogP contribution in [-0.2, 0) is 13.1 Å². The van der Waals surface area contributed by atoms with Crippen molar-refractivity contribution in [2.45, 2.75) is 66.2 Å². The first-order valence-corrected chi connectivity index (χ1v) is 8.94. The smallest absolute Gasteiger partial charge is 0.318 e. The third-order valence-electron chi connectivity index (χ3n) is 4.10. The van der Waals surface area contributed by atoms with Crippen LogP contribution >= 0.6 is 0 Å². The lowest BCUT2D eigenvalue weighted by atomic mass is 10.1. The Labute approximate surface area is 151 Å². The molecule has 1 heterocycles. The first kappa shape index (κ1) is 19.1. The fourth-order valence-corrected chi connectivity index (χ4v) is 2.69. The second-order valence-corrected chi connectivity index (χ2v) is 8.01. The second-order valence-electron chi connectivity index (χ2n) is 8.01. The molecular weight excluding hydrogens is 310 g/mol. The Morgan fingerprint density at radius 3 is 2.36 bits per heavy atom. The molecule has 0 radical (unpaired) electrons. The van der Waals surface area contributed by atoms with E-state index in [0.717, 1.165) is 12.2 Å². The average Bonchev–Trinajstić information content (AvgIpc) is 2.92. The molecule has 2 aromatic rings. The van der Waals surface area contributed by atoms with Gasteiger partial charge in [0, 0.05) is 30.0 Å². The van der Waals surface area contributed by atoms with E-state index >= 15 is 0 Å². The summed E-state index contributed by atoms with van der Waals surface area (Å²) in [4.78, 5) is 14.5. The fraction of sp³-hybridized carbons (Fsp3) is 0.476. The molecule has 1 aromatic heterocycles. The molecular formula is C21H31N3O. The van der Waals surface area contributed by atoms with Gasteiger partial charge in [-0.15, -0.1) is 0 Å². The molecule has 0 saturated heterocycles. The van der Waals surface area contributed by atoms with Crippen molar-refractivity contribution in [1.82, 2.24) is 14.8 Å². The van der Waals surface area contributed by atoms with E-state index in [2.05, 4.69) is 67.2 Å². The van der Waals surface area contributed by atoms with Crippen LogP contribution in [0.3, 0.4) is 0 Å². The number of hydrogen-bond acceptors (Lipinski definition) is 1. The zero-order valence-electron chi connectivity index (χ0n) is 16.3. The molecule has 0 aliphatic heterocycles. The molecule has 0 atom stereocenters. The zero-order valence-corrected chi connectivity index (χ0v) is 16.3. The van der Waals surface area contributed by atoms with Crippen LogP contribution in [0.25, 0.3) is 0 Å². The number of benzene rings is 1. The van der Waals surface area contributed by atoms with Gasteiger partial charge in [0.1, 0.15) is 0 Å². The van der Waals surface area contributed by atoms with E-state index in [0.29, 0.717) is 6.54 Å². The highest BCUT2D eigenvalue weighted by molar-refractivity contribution is 5.75. The molecule has 25 heavy (non-hydrogen) atoms. The van der Waals surface area contributed by atoms with Gasteiger partial charge in [-0.3, -0.25) is 0 Å². The molecule has 1 aromatic carbocycles. The van der Waals surface area contributed by atoms with Crippen LogP contribution in [0, 0.1) is 6.92 Å². The van der Waals surface area contributed by atoms with Gasteiger partial charge < -0.3 is 14.8 Å². The standard InChI is InChI=1S/C21H31N3O/c1-16(2)24(20(25)22-21(4,5)6)15-19-8-7-13-23(19)14-18-11-9-17(3)10-12-18/h7-13,16H,14-15H2,1-6H3,(H,22,25). The lowest BCUT2D eigenvalue weighted by Crippen LogP contribution is -2.50. The van der Waals surface area contributed by atoms with E-state index < -0.39 is 0 Å². The minimum Gasteiger partial charge on any atom is -0.345 e. The van der Waals surface area contributed by atoms with E-state index in [4.69, 9.17) is 0 Å². The van der Waals surface area contributed by atoms with Gasteiger partial charge in [-0.2, -0.15) is 0 Å². The Kier molecular flexibility index (Phi) is 5.93. The summed E-state index contributed by atoms with van der Waals surface area (Å²) in [5.41, 5.74) is 3.42. The molecule has 4 heteroatoms. The van der Waals surface area contributed by atoms with Crippen LogP contribution in [0.4, 0.5) is 4.79 Å². The number of urea groups is 1. The van der Waals surface area contributed by atoms with Crippen molar-refractivity contribution in [1.29, 1.82) is 0 Å². The Hall–Kier alpha value is -2.23. The molecule has 4 nitrogen and oxygen atoms in total. The SMILES string of the molecule is Cc1ccc(Cn2cccc2CN(C(=O)NC(C)(C)C)C(C)C)cc1. The van der Waals surface area contributed by atoms with E-state index in [-0.39, 0.29) is 17.6 Å². The number of rotatable bonds is 5. The summed E-state index contributed by atoms with van der Waals surface area (Å²) in [6.45, 7) is 13.6. The van der Waals surface area contributed by atoms with Crippen molar-refractivity contribution in [2.24, 2.45) is 0 Å². The summed E-state index contributed by atoms with van der Waals surface area (Å²) in [5.74, 6) is 0. The number of aryl methyl sites for hydroxylation is 1. The van der Waals surface area contributed by atoms with Crippen LogP contribution in [-0.4, -0.2) is 27.1 Å². The summed E-state index contributed by atoms with van der Waals surface area (Å²) in [6.07, 6.45) is 2.08. The van der Waals surface area contributed by atoms with Crippen molar-refractivity contribution in [3.63, 3.8) is 0 Å². The minimum absolute atomic E-state index is 0.0226. The molecule has 0 bridgehead atoms. The quantitative estimate of drug-likeness (QED) is 0.850. The third kappa shape index (κ3) is 5.66. The highest BCUT2D eigenvalue weighted by atomic mass is 16.2. The fourth-order valence-electron chi connectivity index (χ4n) is 2.69. The maximum Gasteiger partial charge on any atom is 0.318 e. The summed E-state index contributed by atoms with van der Waals surface area (Å²) >= 11 is 0. The largest absolute Gasteiger partial charge is 0.345 e. The highest BCUT2D eigenvalue weighted by Crippen LogP contribution is 2.14. The molecule has 136 valence electrons. The number of hydrogen-bond donors (Lipinski definition) is 1. The predicted octanol–water partition coefficient (Wildman–Crippen LogP) is 4.56. The molecule has 0 unspecified atom stereocenters. The number of nitrogens with zero attached hydrogens (tertiary/aromatic N) is 2. The number of nitrogens with one attached hydrogen (secondary N) is 1. The molecule has 0 aliphatic carbocycles. The van der Waals surface area contributed by atoms with Gasteiger partial charge >= 0.3 is 6.03 Å². The maximum atomic E-state index is 12.6. The molecule has 1 N–H and O–H groups in total. The molecule has 0 spiro atoms. The lowest BCUT2D eigenvalue weighted by Gasteiger charge is -2.31. The van der Waals surface area contributed by atoms with Gasteiger partial charge in [-0.25, -0.2) is 4.79 Å². The van der Waals surface area contributed by atoms with Crippen LogP contribution in [0.1, 0.15) is 51.4 Å². The van der Waals surface area contributed by atoms with E-state index in [1.807, 2.05) is 31.7 Å². The Bertz CT molecular complexity index is 693. The first-order valence-electron chi connectivity index (χ1n) is 8.94. The van der Waals surface area contributed by atoms with Crippen LogP contribution in [0.5, 0.6) is 0 Å². The summed E-state index contributed by atoms with van der Waals surface area (Å²) < 4.78 is 2.21. The lowest BCUT2D eigenvalue weighted by molar-refractivity contribution is 0.169. The van der Waals surface area contributed by atoms with Crippen molar-refractivity contribution in [2.75, 3.05) is 0 Å². The van der Waals surface area contributed by atoms with Gasteiger partial charge in [0.15, 0.2) is 0 Å². The average molecular weight is 341 g/mol.